The second kappa shape index (κ2) is 4.07. The second-order valence-electron chi connectivity index (χ2n) is 4.60. The lowest BCUT2D eigenvalue weighted by Crippen LogP contribution is -3.14. The molecule has 1 unspecified atom stereocenters. The number of carbonyl (C=O) groups excluding carboxylic acids is 1. The van der Waals surface area contributed by atoms with Crippen molar-refractivity contribution >= 4 is 22.2 Å². The van der Waals surface area contributed by atoms with Crippen LogP contribution < -0.4 is 16.4 Å². The molecule has 88 valence electrons. The Morgan fingerprint density at radius 1 is 1.50 bits per heavy atom. The highest BCUT2D eigenvalue weighted by atomic mass is 32.1. The van der Waals surface area contributed by atoms with Crippen molar-refractivity contribution in [2.75, 3.05) is 12.3 Å². The number of nitrogen functional groups attached to an aromatic ring is 1. The van der Waals surface area contributed by atoms with Gasteiger partial charge in [-0.1, -0.05) is 0 Å². The summed E-state index contributed by atoms with van der Waals surface area (Å²) in [5.41, 5.74) is 12.9. The van der Waals surface area contributed by atoms with Crippen LogP contribution in [-0.4, -0.2) is 18.5 Å². The van der Waals surface area contributed by atoms with Gasteiger partial charge in [0.05, 0.1) is 28.0 Å². The van der Waals surface area contributed by atoms with Crippen LogP contribution in [0, 0.1) is 0 Å². The Labute approximate surface area is 99.2 Å². The highest BCUT2D eigenvalue weighted by molar-refractivity contribution is 7.16. The van der Waals surface area contributed by atoms with E-state index in [0.29, 0.717) is 16.6 Å². The van der Waals surface area contributed by atoms with Crippen molar-refractivity contribution in [3.63, 3.8) is 0 Å². The molecule has 0 aromatic carbocycles. The van der Waals surface area contributed by atoms with Gasteiger partial charge in [0, 0.05) is 6.42 Å². The summed E-state index contributed by atoms with van der Waals surface area (Å²) in [7, 11) is 0. The summed E-state index contributed by atoms with van der Waals surface area (Å²) in [6.07, 6.45) is 0.912. The molecule has 0 saturated heterocycles. The van der Waals surface area contributed by atoms with Crippen LogP contribution in [0.25, 0.3) is 0 Å². The maximum Gasteiger partial charge on any atom is 0.251 e. The van der Waals surface area contributed by atoms with Gasteiger partial charge in [-0.15, -0.1) is 11.3 Å². The van der Waals surface area contributed by atoms with Crippen LogP contribution in [0.5, 0.6) is 0 Å². The fourth-order valence-electron chi connectivity index (χ4n) is 2.28. The van der Waals surface area contributed by atoms with E-state index in [1.165, 1.54) is 16.2 Å². The third-order valence-corrected chi connectivity index (χ3v) is 4.33. The second-order valence-corrected chi connectivity index (χ2v) is 5.73. The SMILES string of the molecule is CC(C)[NH+]1CCc2c(sc(N)c2C(N)=O)C1. The van der Waals surface area contributed by atoms with Gasteiger partial charge in [0.2, 0.25) is 0 Å². The van der Waals surface area contributed by atoms with E-state index in [2.05, 4.69) is 13.8 Å². The first-order valence-corrected chi connectivity index (χ1v) is 6.36. The van der Waals surface area contributed by atoms with E-state index in [9.17, 15) is 4.79 Å². The Morgan fingerprint density at radius 2 is 2.19 bits per heavy atom. The van der Waals surface area contributed by atoms with E-state index in [1.54, 1.807) is 4.90 Å². The van der Waals surface area contributed by atoms with Crippen molar-refractivity contribution in [3.05, 3.63) is 16.0 Å². The van der Waals surface area contributed by atoms with Crippen LogP contribution in [0.15, 0.2) is 0 Å². The zero-order chi connectivity index (χ0) is 11.9. The van der Waals surface area contributed by atoms with Crippen molar-refractivity contribution in [2.45, 2.75) is 32.9 Å². The first-order valence-electron chi connectivity index (χ1n) is 5.55. The zero-order valence-electron chi connectivity index (χ0n) is 9.67. The smallest absolute Gasteiger partial charge is 0.251 e. The molecule has 1 aliphatic heterocycles. The summed E-state index contributed by atoms with van der Waals surface area (Å²) in [6, 6.07) is 0.605. The number of rotatable bonds is 2. The number of thiophene rings is 1. The number of primary amides is 1. The summed E-state index contributed by atoms with van der Waals surface area (Å²) >= 11 is 1.52. The van der Waals surface area contributed by atoms with Gasteiger partial charge in [-0.3, -0.25) is 4.79 Å². The standard InChI is InChI=1S/C11H17N3OS/c1-6(2)14-4-3-7-8(5-14)16-11(13)9(7)10(12)15/h6H,3-5,13H2,1-2H3,(H2,12,15)/p+1. The molecular weight excluding hydrogens is 222 g/mol. The number of fused-ring (bicyclic) bond motifs is 1. The summed E-state index contributed by atoms with van der Waals surface area (Å²) in [4.78, 5) is 14.1. The molecule has 0 spiro atoms. The minimum absolute atomic E-state index is 0.386. The first kappa shape index (κ1) is 11.4. The molecule has 1 aromatic rings. The summed E-state index contributed by atoms with van der Waals surface area (Å²) < 4.78 is 0. The third kappa shape index (κ3) is 1.81. The normalized spacial score (nSPS) is 19.8. The number of amides is 1. The Balaban J connectivity index is 2.35. The van der Waals surface area contributed by atoms with Crippen LogP contribution in [0.3, 0.4) is 0 Å². The maximum atomic E-state index is 11.3. The van der Waals surface area contributed by atoms with Crippen molar-refractivity contribution in [1.29, 1.82) is 0 Å². The predicted molar refractivity (Wildman–Crippen MR) is 65.6 cm³/mol. The maximum absolute atomic E-state index is 11.3. The van der Waals surface area contributed by atoms with Gasteiger partial charge in [-0.2, -0.15) is 0 Å². The van der Waals surface area contributed by atoms with Gasteiger partial charge in [0.25, 0.3) is 5.91 Å². The summed E-state index contributed by atoms with van der Waals surface area (Å²) in [5, 5.41) is 0.586. The van der Waals surface area contributed by atoms with Crippen molar-refractivity contribution in [2.24, 2.45) is 5.73 Å². The van der Waals surface area contributed by atoms with Crippen LogP contribution >= 0.6 is 11.3 Å². The van der Waals surface area contributed by atoms with Gasteiger partial charge < -0.3 is 16.4 Å². The van der Waals surface area contributed by atoms with Crippen LogP contribution in [0.1, 0.15) is 34.6 Å². The van der Waals surface area contributed by atoms with E-state index in [4.69, 9.17) is 11.5 Å². The Kier molecular flexibility index (Phi) is 2.90. The van der Waals surface area contributed by atoms with Crippen LogP contribution in [-0.2, 0) is 13.0 Å². The molecule has 16 heavy (non-hydrogen) atoms. The van der Waals surface area contributed by atoms with E-state index in [1.807, 2.05) is 0 Å². The molecule has 1 atom stereocenters. The van der Waals surface area contributed by atoms with Gasteiger partial charge in [-0.25, -0.2) is 0 Å². The van der Waals surface area contributed by atoms with E-state index in [-0.39, 0.29) is 5.91 Å². The molecular formula is C11H18N3OS+. The Bertz CT molecular complexity index is 425. The highest BCUT2D eigenvalue weighted by Crippen LogP contribution is 2.31. The molecule has 5 N–H and O–H groups in total. The fraction of sp³-hybridized carbons (Fsp3) is 0.545. The number of hydrogen-bond acceptors (Lipinski definition) is 3. The average Bonchev–Trinajstić information content (AvgIpc) is 2.51. The number of hydrogen-bond donors (Lipinski definition) is 3. The molecule has 1 aliphatic rings. The monoisotopic (exact) mass is 240 g/mol. The third-order valence-electron chi connectivity index (χ3n) is 3.26. The predicted octanol–water partition coefficient (Wildman–Crippen LogP) is -0.221. The molecule has 0 aliphatic carbocycles. The van der Waals surface area contributed by atoms with Gasteiger partial charge in [0.15, 0.2) is 0 Å². The Morgan fingerprint density at radius 3 is 2.75 bits per heavy atom. The number of anilines is 1. The van der Waals surface area contributed by atoms with Crippen molar-refractivity contribution in [1.82, 2.24) is 0 Å². The lowest BCUT2D eigenvalue weighted by Gasteiger charge is -2.27. The molecule has 2 heterocycles. The van der Waals surface area contributed by atoms with E-state index < -0.39 is 0 Å². The van der Waals surface area contributed by atoms with Gasteiger partial charge >= 0.3 is 0 Å². The lowest BCUT2D eigenvalue weighted by molar-refractivity contribution is -0.936. The zero-order valence-corrected chi connectivity index (χ0v) is 10.5. The minimum atomic E-state index is -0.386. The number of nitrogens with one attached hydrogen (secondary N) is 1. The largest absolute Gasteiger partial charge is 0.390 e. The van der Waals surface area contributed by atoms with Crippen molar-refractivity contribution < 1.29 is 9.69 Å². The number of quaternary nitrogens is 1. The Hall–Kier alpha value is -1.07. The highest BCUT2D eigenvalue weighted by Gasteiger charge is 2.28. The summed E-state index contributed by atoms with van der Waals surface area (Å²) in [5.74, 6) is -0.386. The topological polar surface area (TPSA) is 73.6 Å². The molecule has 0 radical (unpaired) electrons. The van der Waals surface area contributed by atoms with E-state index in [0.717, 1.165) is 25.1 Å². The molecule has 0 fully saturated rings. The molecule has 0 saturated carbocycles. The molecule has 2 rings (SSSR count). The van der Waals surface area contributed by atoms with Crippen molar-refractivity contribution in [3.8, 4) is 0 Å². The molecule has 1 aromatic heterocycles. The summed E-state index contributed by atoms with van der Waals surface area (Å²) in [6.45, 7) is 6.45. The van der Waals surface area contributed by atoms with Gasteiger partial charge in [0.1, 0.15) is 6.54 Å². The lowest BCUT2D eigenvalue weighted by atomic mass is 10.0. The quantitative estimate of drug-likeness (QED) is 0.668. The first-order chi connectivity index (χ1) is 7.50. The van der Waals surface area contributed by atoms with Crippen LogP contribution in [0.4, 0.5) is 5.00 Å². The fourth-order valence-corrected chi connectivity index (χ4v) is 3.46. The molecule has 4 nitrogen and oxygen atoms in total. The molecule has 1 amide bonds. The molecule has 5 heteroatoms. The average molecular weight is 240 g/mol. The van der Waals surface area contributed by atoms with Crippen LogP contribution in [0.2, 0.25) is 0 Å². The number of carbonyl (C=O) groups is 1. The van der Waals surface area contributed by atoms with E-state index >= 15 is 0 Å². The molecule has 0 bridgehead atoms. The van der Waals surface area contributed by atoms with Gasteiger partial charge in [-0.05, 0) is 19.4 Å². The number of nitrogens with two attached hydrogens (primary N) is 2. The minimum Gasteiger partial charge on any atom is -0.390 e.